The zero-order chi connectivity index (χ0) is 16.4. The van der Waals surface area contributed by atoms with E-state index >= 15 is 0 Å². The largest absolute Gasteiger partial charge is 0.366 e. The molecule has 1 fully saturated rings. The van der Waals surface area contributed by atoms with Gasteiger partial charge < -0.3 is 10.6 Å². The maximum absolute atomic E-state index is 11.8. The second-order valence-electron chi connectivity index (χ2n) is 5.76. The molecule has 0 bridgehead atoms. The highest BCUT2D eigenvalue weighted by Crippen LogP contribution is 2.32. The summed E-state index contributed by atoms with van der Waals surface area (Å²) in [6.07, 6.45) is 1.92. The van der Waals surface area contributed by atoms with Crippen molar-refractivity contribution in [1.29, 1.82) is 0 Å². The van der Waals surface area contributed by atoms with Gasteiger partial charge in [0, 0.05) is 24.6 Å². The number of aromatic nitrogens is 1. The fourth-order valence-electron chi connectivity index (χ4n) is 3.08. The first-order chi connectivity index (χ1) is 11.1. The van der Waals surface area contributed by atoms with Crippen LogP contribution in [-0.4, -0.2) is 28.2 Å². The Morgan fingerprint density at radius 1 is 1.22 bits per heavy atom. The Balaban J connectivity index is 1.95. The molecule has 1 aliphatic heterocycles. The van der Waals surface area contributed by atoms with Crippen LogP contribution in [0.5, 0.6) is 0 Å². The molecule has 1 aromatic carbocycles. The summed E-state index contributed by atoms with van der Waals surface area (Å²) in [6, 6.07) is 12.9. The van der Waals surface area contributed by atoms with Gasteiger partial charge in [0.2, 0.25) is 11.8 Å². The molecule has 2 heterocycles. The number of hydrogen-bond donors (Lipinski definition) is 1. The number of pyridine rings is 1. The smallest absolute Gasteiger partial charge is 0.248 e. The summed E-state index contributed by atoms with van der Waals surface area (Å²) in [5.74, 6) is -0.378. The first-order valence-corrected chi connectivity index (χ1v) is 7.70. The number of benzene rings is 1. The Labute approximate surface area is 135 Å². The van der Waals surface area contributed by atoms with Gasteiger partial charge in [0.05, 0.1) is 17.4 Å². The molecule has 3 rings (SSSR count). The number of carbonyl (C=O) groups is 2. The van der Waals surface area contributed by atoms with Crippen LogP contribution in [0.3, 0.4) is 0 Å². The van der Waals surface area contributed by atoms with Gasteiger partial charge in [-0.15, -0.1) is 0 Å². The van der Waals surface area contributed by atoms with E-state index in [1.807, 2.05) is 29.2 Å². The van der Waals surface area contributed by atoms with E-state index in [2.05, 4.69) is 0 Å². The predicted molar refractivity (Wildman–Crippen MR) is 87.6 cm³/mol. The number of primary amides is 1. The van der Waals surface area contributed by atoms with Gasteiger partial charge in [-0.25, -0.2) is 0 Å². The van der Waals surface area contributed by atoms with Crippen LogP contribution < -0.4 is 5.73 Å². The fourth-order valence-corrected chi connectivity index (χ4v) is 3.08. The molecule has 1 atom stereocenters. The van der Waals surface area contributed by atoms with Crippen molar-refractivity contribution >= 4 is 11.8 Å². The molecule has 1 saturated heterocycles. The van der Waals surface area contributed by atoms with E-state index < -0.39 is 5.91 Å². The van der Waals surface area contributed by atoms with Gasteiger partial charge in [-0.05, 0) is 37.1 Å². The van der Waals surface area contributed by atoms with Crippen LogP contribution in [0.15, 0.2) is 42.5 Å². The molecule has 23 heavy (non-hydrogen) atoms. The quantitative estimate of drug-likeness (QED) is 0.946. The molecule has 0 saturated carbocycles. The SMILES string of the molecule is CC(=O)N1CCC[C@H]1c1cccc(-c2cccc(C(N)=O)c2)n1. The lowest BCUT2D eigenvalue weighted by Gasteiger charge is -2.23. The third kappa shape index (κ3) is 3.08. The topological polar surface area (TPSA) is 76.3 Å². The molecule has 0 radical (unpaired) electrons. The molecule has 2 N–H and O–H groups in total. The van der Waals surface area contributed by atoms with Crippen molar-refractivity contribution in [3.05, 3.63) is 53.7 Å². The van der Waals surface area contributed by atoms with E-state index in [-0.39, 0.29) is 11.9 Å². The molecule has 1 aliphatic rings. The highest BCUT2D eigenvalue weighted by molar-refractivity contribution is 5.94. The highest BCUT2D eigenvalue weighted by atomic mass is 16.2. The van der Waals surface area contributed by atoms with Crippen molar-refractivity contribution in [3.8, 4) is 11.3 Å². The number of rotatable bonds is 3. The summed E-state index contributed by atoms with van der Waals surface area (Å²) in [7, 11) is 0. The Morgan fingerprint density at radius 3 is 2.74 bits per heavy atom. The van der Waals surface area contributed by atoms with Crippen molar-refractivity contribution in [2.75, 3.05) is 6.54 Å². The summed E-state index contributed by atoms with van der Waals surface area (Å²) in [4.78, 5) is 29.7. The van der Waals surface area contributed by atoms with Crippen LogP contribution in [0, 0.1) is 0 Å². The lowest BCUT2D eigenvalue weighted by Crippen LogP contribution is -2.28. The van der Waals surface area contributed by atoms with Gasteiger partial charge >= 0.3 is 0 Å². The van der Waals surface area contributed by atoms with Crippen molar-refractivity contribution in [2.24, 2.45) is 5.73 Å². The number of carbonyl (C=O) groups excluding carboxylic acids is 2. The lowest BCUT2D eigenvalue weighted by molar-refractivity contribution is -0.129. The van der Waals surface area contributed by atoms with E-state index in [9.17, 15) is 9.59 Å². The van der Waals surface area contributed by atoms with Gasteiger partial charge in [0.25, 0.3) is 0 Å². The minimum absolute atomic E-state index is 0.0340. The maximum Gasteiger partial charge on any atom is 0.248 e. The normalized spacial score (nSPS) is 17.3. The average Bonchev–Trinajstić information content (AvgIpc) is 3.05. The number of nitrogens with zero attached hydrogens (tertiary/aromatic N) is 2. The molecule has 5 nitrogen and oxygen atoms in total. The third-order valence-corrected chi connectivity index (χ3v) is 4.21. The molecular formula is C18H19N3O2. The minimum atomic E-state index is -0.457. The first kappa shape index (κ1) is 15.2. The summed E-state index contributed by atoms with van der Waals surface area (Å²) >= 11 is 0. The molecule has 2 aromatic rings. The summed E-state index contributed by atoms with van der Waals surface area (Å²) in [5.41, 5.74) is 8.31. The molecule has 2 amide bonds. The van der Waals surface area contributed by atoms with Crippen LogP contribution >= 0.6 is 0 Å². The van der Waals surface area contributed by atoms with E-state index in [1.165, 1.54) is 0 Å². The zero-order valence-electron chi connectivity index (χ0n) is 13.0. The Hall–Kier alpha value is -2.69. The monoisotopic (exact) mass is 309 g/mol. The molecule has 5 heteroatoms. The average molecular weight is 309 g/mol. The Bertz CT molecular complexity index is 757. The maximum atomic E-state index is 11.8. The number of likely N-dealkylation sites (tertiary alicyclic amines) is 1. The van der Waals surface area contributed by atoms with Crippen LogP contribution in [0.1, 0.15) is 41.9 Å². The second-order valence-corrected chi connectivity index (χ2v) is 5.76. The van der Waals surface area contributed by atoms with E-state index in [4.69, 9.17) is 10.7 Å². The minimum Gasteiger partial charge on any atom is -0.366 e. The van der Waals surface area contributed by atoms with Crippen molar-refractivity contribution in [2.45, 2.75) is 25.8 Å². The van der Waals surface area contributed by atoms with Gasteiger partial charge in [-0.3, -0.25) is 14.6 Å². The standard InChI is InChI=1S/C18H19N3O2/c1-12(22)21-10-4-9-17(21)16-8-3-7-15(20-16)13-5-2-6-14(11-13)18(19)23/h2-3,5-8,11,17H,4,9-10H2,1H3,(H2,19,23)/t17-/m0/s1. The molecule has 0 aliphatic carbocycles. The summed E-state index contributed by atoms with van der Waals surface area (Å²) < 4.78 is 0. The number of amides is 2. The fraction of sp³-hybridized carbons (Fsp3) is 0.278. The Kier molecular flexibility index (Phi) is 4.10. The number of nitrogens with two attached hydrogens (primary N) is 1. The van der Waals surface area contributed by atoms with Crippen LogP contribution in [0.4, 0.5) is 0 Å². The van der Waals surface area contributed by atoms with Crippen LogP contribution in [0.25, 0.3) is 11.3 Å². The second kappa shape index (κ2) is 6.20. The van der Waals surface area contributed by atoms with Gasteiger partial charge in [-0.1, -0.05) is 18.2 Å². The molecule has 0 spiro atoms. The third-order valence-electron chi connectivity index (χ3n) is 4.21. The summed E-state index contributed by atoms with van der Waals surface area (Å²) in [6.45, 7) is 2.38. The van der Waals surface area contributed by atoms with Gasteiger partial charge in [0.15, 0.2) is 0 Å². The van der Waals surface area contributed by atoms with Crippen LogP contribution in [-0.2, 0) is 4.79 Å². The molecular weight excluding hydrogens is 290 g/mol. The van der Waals surface area contributed by atoms with E-state index in [1.54, 1.807) is 25.1 Å². The van der Waals surface area contributed by atoms with Crippen molar-refractivity contribution in [3.63, 3.8) is 0 Å². The zero-order valence-corrected chi connectivity index (χ0v) is 13.0. The molecule has 1 aromatic heterocycles. The van der Waals surface area contributed by atoms with Crippen molar-refractivity contribution < 1.29 is 9.59 Å². The summed E-state index contributed by atoms with van der Waals surface area (Å²) in [5, 5.41) is 0. The Morgan fingerprint density at radius 2 is 2.00 bits per heavy atom. The predicted octanol–water partition coefficient (Wildman–Crippen LogP) is 2.53. The van der Waals surface area contributed by atoms with E-state index in [0.29, 0.717) is 5.56 Å². The molecule has 118 valence electrons. The molecule has 0 unspecified atom stereocenters. The van der Waals surface area contributed by atoms with E-state index in [0.717, 1.165) is 36.3 Å². The number of hydrogen-bond acceptors (Lipinski definition) is 3. The van der Waals surface area contributed by atoms with Gasteiger partial charge in [0.1, 0.15) is 0 Å². The van der Waals surface area contributed by atoms with Gasteiger partial charge in [-0.2, -0.15) is 0 Å². The van der Waals surface area contributed by atoms with Crippen molar-refractivity contribution in [1.82, 2.24) is 9.88 Å². The first-order valence-electron chi connectivity index (χ1n) is 7.70. The highest BCUT2D eigenvalue weighted by Gasteiger charge is 2.28. The lowest BCUT2D eigenvalue weighted by atomic mass is 10.1. The van der Waals surface area contributed by atoms with Crippen LogP contribution in [0.2, 0.25) is 0 Å².